The number of aromatic amines is 3. The molecule has 12 nitrogen and oxygen atoms in total. The van der Waals surface area contributed by atoms with E-state index >= 15 is 0 Å². The lowest BCUT2D eigenvalue weighted by atomic mass is 10.2. The molecule has 0 atom stereocenters. The number of ether oxygens (including phenoxy) is 3. The monoisotopic (exact) mass is 853 g/mol. The van der Waals surface area contributed by atoms with Crippen LogP contribution in [0.5, 0.6) is 17.2 Å². The fourth-order valence-electron chi connectivity index (χ4n) is 6.36. The Balaban J connectivity index is 0.000000159. The van der Waals surface area contributed by atoms with Crippen LogP contribution in [0.3, 0.4) is 0 Å². The summed E-state index contributed by atoms with van der Waals surface area (Å²) in [5.41, 5.74) is 8.51. The van der Waals surface area contributed by atoms with Crippen LogP contribution < -0.4 is 28.9 Å². The summed E-state index contributed by atoms with van der Waals surface area (Å²) in [6.45, 7) is 3.61. The molecule has 3 N–H and O–H groups in total. The molecule has 0 unspecified atom stereocenters. The van der Waals surface area contributed by atoms with Gasteiger partial charge in [-0.1, -0.05) is 78.9 Å². The van der Waals surface area contributed by atoms with E-state index in [9.17, 15) is 8.78 Å². The first kappa shape index (κ1) is 44.9. The van der Waals surface area contributed by atoms with Gasteiger partial charge in [-0.15, -0.1) is 0 Å². The van der Waals surface area contributed by atoms with Gasteiger partial charge < -0.3 is 43.9 Å². The van der Waals surface area contributed by atoms with Gasteiger partial charge in [0, 0.05) is 74.5 Å². The third-order valence-electron chi connectivity index (χ3n) is 9.64. The Morgan fingerprint density at radius 1 is 0.508 bits per heavy atom. The molecule has 0 saturated carbocycles. The molecule has 0 bridgehead atoms. The molecule has 0 saturated heterocycles. The molecule has 0 radical (unpaired) electrons. The van der Waals surface area contributed by atoms with Crippen molar-refractivity contribution < 1.29 is 23.0 Å². The van der Waals surface area contributed by atoms with Gasteiger partial charge in [0.1, 0.15) is 30.5 Å². The molecule has 0 spiro atoms. The molecule has 3 aromatic heterocycles. The summed E-state index contributed by atoms with van der Waals surface area (Å²) >= 11 is 0. The van der Waals surface area contributed by atoms with Gasteiger partial charge in [0.2, 0.25) is 0 Å². The summed E-state index contributed by atoms with van der Waals surface area (Å²) in [5.74, 6) is 1.91. The lowest BCUT2D eigenvalue weighted by Crippen LogP contribution is -2.22. The third kappa shape index (κ3) is 15.1. The van der Waals surface area contributed by atoms with Crippen LogP contribution in [0.15, 0.2) is 171 Å². The minimum Gasteiger partial charge on any atom is -0.489 e. The highest BCUT2D eigenvalue weighted by molar-refractivity contribution is 5.52. The van der Waals surface area contributed by atoms with E-state index in [2.05, 4.69) is 107 Å². The summed E-state index contributed by atoms with van der Waals surface area (Å²) in [7, 11) is 3.92. The first-order valence-electron chi connectivity index (χ1n) is 20.5. The number of benzene rings is 5. The van der Waals surface area contributed by atoms with E-state index in [0.29, 0.717) is 19.8 Å². The maximum atomic E-state index is 12.1. The van der Waals surface area contributed by atoms with Crippen LogP contribution >= 0.6 is 0 Å². The molecule has 0 aliphatic carbocycles. The average Bonchev–Trinajstić information content (AvgIpc) is 4.14. The van der Waals surface area contributed by atoms with Crippen molar-refractivity contribution in [1.82, 2.24) is 29.9 Å². The van der Waals surface area contributed by atoms with Crippen LogP contribution in [0, 0.1) is 0 Å². The number of halogens is 2. The highest BCUT2D eigenvalue weighted by Crippen LogP contribution is 2.25. The van der Waals surface area contributed by atoms with Crippen molar-refractivity contribution in [1.29, 1.82) is 0 Å². The zero-order valence-corrected chi connectivity index (χ0v) is 35.6. The van der Waals surface area contributed by atoms with Crippen molar-refractivity contribution in [3.63, 3.8) is 0 Å². The predicted molar refractivity (Wildman–Crippen MR) is 244 cm³/mol. The van der Waals surface area contributed by atoms with Gasteiger partial charge in [0.15, 0.2) is 0 Å². The second kappa shape index (κ2) is 24.0. The first-order valence-corrected chi connectivity index (χ1v) is 20.5. The smallest absolute Gasteiger partial charge is 0.387 e. The van der Waals surface area contributed by atoms with E-state index < -0.39 is 6.61 Å². The van der Waals surface area contributed by atoms with Gasteiger partial charge in [-0.2, -0.15) is 8.78 Å². The van der Waals surface area contributed by atoms with E-state index in [1.165, 1.54) is 17.2 Å². The maximum Gasteiger partial charge on any atom is 0.387 e. The van der Waals surface area contributed by atoms with Gasteiger partial charge in [0.05, 0.1) is 55.7 Å². The van der Waals surface area contributed by atoms with Crippen molar-refractivity contribution in [3.05, 3.63) is 199 Å². The summed E-state index contributed by atoms with van der Waals surface area (Å²) in [6, 6.07) is 43.3. The van der Waals surface area contributed by atoms with E-state index in [1.807, 2.05) is 91.1 Å². The Morgan fingerprint density at radius 2 is 0.921 bits per heavy atom. The topological polar surface area (TPSA) is 123 Å². The van der Waals surface area contributed by atoms with Gasteiger partial charge in [-0.3, -0.25) is 0 Å². The number of hydrogen-bond donors (Lipinski definition) is 3. The van der Waals surface area contributed by atoms with Gasteiger partial charge in [-0.05, 0) is 54.4 Å². The number of nitrogens with zero attached hydrogens (tertiary/aromatic N) is 6. The molecule has 0 fully saturated rings. The van der Waals surface area contributed by atoms with Crippen LogP contribution in [0.4, 0.5) is 25.8 Å². The number of H-pyrrole nitrogens is 3. The lowest BCUT2D eigenvalue weighted by molar-refractivity contribution is -0.0498. The molecule has 8 aromatic rings. The van der Waals surface area contributed by atoms with Crippen LogP contribution in [-0.2, 0) is 32.8 Å². The van der Waals surface area contributed by atoms with Gasteiger partial charge >= 0.3 is 6.61 Å². The van der Waals surface area contributed by atoms with Crippen LogP contribution in [-0.4, -0.2) is 57.2 Å². The number of rotatable bonds is 18. The van der Waals surface area contributed by atoms with Crippen molar-refractivity contribution in [3.8, 4) is 17.2 Å². The second-order valence-electron chi connectivity index (χ2n) is 14.4. The molecule has 0 aliphatic rings. The average molecular weight is 854 g/mol. The van der Waals surface area contributed by atoms with Crippen molar-refractivity contribution in [2.45, 2.75) is 46.4 Å². The standard InChI is InChI=1S/C19H21N3O.C18H19N3O.C12H13F2N3O/c1-2-22(13-17-12-20-15-21-17)18-9-6-10-19(11-18)23-14-16-7-4-3-5-8-16;1-21(12-16-11-19-14-20-16)17-8-5-9-18(10-17)22-13-15-6-3-2-4-7-15;1-17(7-9-6-15-8-16-9)10-3-2-4-11(5-10)18-12(13)14/h3-12,15H,2,13-14H2,1H3,(H,20,21);2-11,14H,12-13H2,1H3,(H,19,20);2-6,8,12H,7H2,1H3,(H,15,16). The molecule has 8 rings (SSSR count). The minimum atomic E-state index is -2.81. The summed E-state index contributed by atoms with van der Waals surface area (Å²) in [6.07, 6.45) is 10.4. The van der Waals surface area contributed by atoms with Crippen molar-refractivity contribution in [2.75, 3.05) is 35.3 Å². The van der Waals surface area contributed by atoms with Crippen molar-refractivity contribution >= 4 is 17.1 Å². The molecule has 0 aliphatic heterocycles. The fourth-order valence-corrected chi connectivity index (χ4v) is 6.36. The highest BCUT2D eigenvalue weighted by Gasteiger charge is 2.10. The van der Waals surface area contributed by atoms with Crippen LogP contribution in [0.2, 0.25) is 0 Å². The van der Waals surface area contributed by atoms with Crippen LogP contribution in [0.1, 0.15) is 35.1 Å². The molecule has 5 aromatic carbocycles. The van der Waals surface area contributed by atoms with Crippen LogP contribution in [0.25, 0.3) is 0 Å². The summed E-state index contributed by atoms with van der Waals surface area (Å²) < 4.78 is 40.4. The quantitative estimate of drug-likeness (QED) is 0.0774. The number of anilines is 3. The van der Waals surface area contributed by atoms with E-state index in [-0.39, 0.29) is 5.75 Å². The normalized spacial score (nSPS) is 10.5. The first-order chi connectivity index (χ1) is 30.8. The van der Waals surface area contributed by atoms with Crippen molar-refractivity contribution in [2.24, 2.45) is 0 Å². The summed E-state index contributed by atoms with van der Waals surface area (Å²) in [5, 5.41) is 0. The zero-order valence-electron chi connectivity index (χ0n) is 35.6. The van der Waals surface area contributed by atoms with E-state index in [1.54, 1.807) is 37.3 Å². The molecule has 326 valence electrons. The Hall–Kier alpha value is -7.61. The summed E-state index contributed by atoms with van der Waals surface area (Å²) in [4.78, 5) is 27.6. The maximum absolute atomic E-state index is 12.1. The number of hydrogen-bond acceptors (Lipinski definition) is 9. The van der Waals surface area contributed by atoms with E-state index in [0.717, 1.165) is 65.3 Å². The minimum absolute atomic E-state index is 0.152. The van der Waals surface area contributed by atoms with Gasteiger partial charge in [0.25, 0.3) is 0 Å². The molecule has 0 amide bonds. The van der Waals surface area contributed by atoms with E-state index in [4.69, 9.17) is 9.47 Å². The molecule has 63 heavy (non-hydrogen) atoms. The second-order valence-corrected chi connectivity index (χ2v) is 14.4. The predicted octanol–water partition coefficient (Wildman–Crippen LogP) is 10.3. The Labute approximate surface area is 367 Å². The largest absolute Gasteiger partial charge is 0.489 e. The molecule has 14 heteroatoms. The highest BCUT2D eigenvalue weighted by atomic mass is 19.3. The third-order valence-corrected chi connectivity index (χ3v) is 9.64. The Morgan fingerprint density at radius 3 is 1.35 bits per heavy atom. The SMILES string of the molecule is CCN(Cc1cnc[nH]1)c1cccc(OCc2ccccc2)c1.CN(Cc1cnc[nH]1)c1cccc(OC(F)F)c1.CN(Cc1cnc[nH]1)c1cccc(OCc2ccccc2)c1. The lowest BCUT2D eigenvalue weighted by Gasteiger charge is -2.23. The number of alkyl halides is 2. The Kier molecular flexibility index (Phi) is 17.1. The Bertz CT molecular complexity index is 2440. The number of aromatic nitrogens is 6. The zero-order chi connectivity index (χ0) is 44.1. The fraction of sp³-hybridized carbons (Fsp3) is 0.204. The van der Waals surface area contributed by atoms with Gasteiger partial charge in [-0.25, -0.2) is 15.0 Å². The number of nitrogens with one attached hydrogen (secondary N) is 3. The molecule has 3 heterocycles. The number of imidazole rings is 3. The molecular weight excluding hydrogens is 801 g/mol. The molecular formula is C49H53F2N9O3.